The second kappa shape index (κ2) is 1.94. The molecule has 0 amide bonds. The van der Waals surface area contributed by atoms with Gasteiger partial charge in [-0.05, 0) is 18.9 Å². The Morgan fingerprint density at radius 2 is 2.27 bits per heavy atom. The molecule has 1 atom stereocenters. The number of rotatable bonds is 0. The molecule has 0 aromatic rings. The topological polar surface area (TPSA) is 46.2 Å². The molecule has 2 rings (SSSR count). The Hall–Kier alpha value is -1.12. The van der Waals surface area contributed by atoms with Crippen molar-refractivity contribution in [3.05, 3.63) is 12.3 Å². The van der Waals surface area contributed by atoms with Gasteiger partial charge in [-0.3, -0.25) is 9.59 Å². The number of hydrogen-bond donors (Lipinski definition) is 1. The van der Waals surface area contributed by atoms with Crippen LogP contribution in [0.2, 0.25) is 0 Å². The largest absolute Gasteiger partial charge is 0.372 e. The van der Waals surface area contributed by atoms with Crippen LogP contribution in [0.3, 0.4) is 0 Å². The molecule has 0 radical (unpaired) electrons. The van der Waals surface area contributed by atoms with Gasteiger partial charge >= 0.3 is 0 Å². The summed E-state index contributed by atoms with van der Waals surface area (Å²) in [4.78, 5) is 22.5. The SMILES string of the molecule is O=C1C=CNC12CCCC2=O. The van der Waals surface area contributed by atoms with E-state index in [1.807, 2.05) is 0 Å². The van der Waals surface area contributed by atoms with Crippen LogP contribution in [0.4, 0.5) is 0 Å². The third kappa shape index (κ3) is 0.679. The van der Waals surface area contributed by atoms with Crippen molar-refractivity contribution in [3.63, 3.8) is 0 Å². The van der Waals surface area contributed by atoms with Crippen molar-refractivity contribution in [2.45, 2.75) is 24.8 Å². The molecule has 3 nitrogen and oxygen atoms in total. The molecule has 1 N–H and O–H groups in total. The van der Waals surface area contributed by atoms with E-state index < -0.39 is 5.54 Å². The van der Waals surface area contributed by atoms with Crippen molar-refractivity contribution < 1.29 is 9.59 Å². The van der Waals surface area contributed by atoms with E-state index in [1.54, 1.807) is 6.20 Å². The summed E-state index contributed by atoms with van der Waals surface area (Å²) in [5.74, 6) is -0.0208. The number of Topliss-reactive ketones (excluding diaryl/α,β-unsaturated/α-hetero) is 1. The van der Waals surface area contributed by atoms with E-state index >= 15 is 0 Å². The fourth-order valence-corrected chi connectivity index (χ4v) is 1.75. The lowest BCUT2D eigenvalue weighted by Gasteiger charge is -2.19. The number of hydrogen-bond acceptors (Lipinski definition) is 3. The predicted molar refractivity (Wildman–Crippen MR) is 38.9 cm³/mol. The van der Waals surface area contributed by atoms with Gasteiger partial charge in [0.1, 0.15) is 0 Å². The Morgan fingerprint density at radius 1 is 1.45 bits per heavy atom. The zero-order chi connectivity index (χ0) is 7.90. The van der Waals surface area contributed by atoms with E-state index in [2.05, 4.69) is 5.32 Å². The third-order valence-electron chi connectivity index (χ3n) is 2.42. The van der Waals surface area contributed by atoms with Gasteiger partial charge in [0.25, 0.3) is 0 Å². The quantitative estimate of drug-likeness (QED) is 0.502. The smallest absolute Gasteiger partial charge is 0.190 e. The van der Waals surface area contributed by atoms with Gasteiger partial charge in [0, 0.05) is 12.6 Å². The Balaban J connectivity index is 2.36. The molecule has 1 saturated carbocycles. The highest BCUT2D eigenvalue weighted by Crippen LogP contribution is 2.29. The maximum atomic E-state index is 11.3. The molecule has 0 aromatic heterocycles. The van der Waals surface area contributed by atoms with Crippen molar-refractivity contribution in [3.8, 4) is 0 Å². The van der Waals surface area contributed by atoms with E-state index in [1.165, 1.54) is 6.08 Å². The van der Waals surface area contributed by atoms with Crippen LogP contribution < -0.4 is 5.32 Å². The first kappa shape index (κ1) is 6.58. The molecule has 11 heavy (non-hydrogen) atoms. The van der Waals surface area contributed by atoms with Crippen LogP contribution in [0.1, 0.15) is 19.3 Å². The fraction of sp³-hybridized carbons (Fsp3) is 0.500. The van der Waals surface area contributed by atoms with Gasteiger partial charge < -0.3 is 5.32 Å². The summed E-state index contributed by atoms with van der Waals surface area (Å²) in [5, 5.41) is 2.85. The molecule has 1 spiro atoms. The van der Waals surface area contributed by atoms with Crippen molar-refractivity contribution in [2.24, 2.45) is 0 Å². The molecule has 0 bridgehead atoms. The van der Waals surface area contributed by atoms with Crippen molar-refractivity contribution in [1.29, 1.82) is 0 Å². The van der Waals surface area contributed by atoms with Crippen LogP contribution >= 0.6 is 0 Å². The van der Waals surface area contributed by atoms with E-state index in [0.29, 0.717) is 12.8 Å². The summed E-state index contributed by atoms with van der Waals surface area (Å²) < 4.78 is 0. The summed E-state index contributed by atoms with van der Waals surface area (Å²) >= 11 is 0. The third-order valence-corrected chi connectivity index (χ3v) is 2.42. The van der Waals surface area contributed by atoms with Crippen LogP contribution in [-0.4, -0.2) is 17.1 Å². The normalized spacial score (nSPS) is 35.3. The number of nitrogens with one attached hydrogen (secondary N) is 1. The second-order valence-electron chi connectivity index (χ2n) is 3.02. The maximum absolute atomic E-state index is 11.3. The molecule has 1 heterocycles. The average Bonchev–Trinajstić information content (AvgIpc) is 2.48. The molecule has 58 valence electrons. The van der Waals surface area contributed by atoms with E-state index in [4.69, 9.17) is 0 Å². The van der Waals surface area contributed by atoms with Gasteiger partial charge in [-0.2, -0.15) is 0 Å². The molecule has 1 unspecified atom stereocenters. The summed E-state index contributed by atoms with van der Waals surface area (Å²) in [6.45, 7) is 0. The van der Waals surface area contributed by atoms with Gasteiger partial charge in [-0.25, -0.2) is 0 Å². The van der Waals surface area contributed by atoms with Crippen molar-refractivity contribution >= 4 is 11.6 Å². The summed E-state index contributed by atoms with van der Waals surface area (Å²) in [5.41, 5.74) is -0.833. The fourth-order valence-electron chi connectivity index (χ4n) is 1.75. The van der Waals surface area contributed by atoms with E-state index in [0.717, 1.165) is 6.42 Å². The number of carbonyl (C=O) groups excluding carboxylic acids is 2. The molecule has 3 heteroatoms. The van der Waals surface area contributed by atoms with Crippen LogP contribution in [-0.2, 0) is 9.59 Å². The average molecular weight is 151 g/mol. The first-order valence-electron chi connectivity index (χ1n) is 3.78. The molecule has 0 saturated heterocycles. The Morgan fingerprint density at radius 3 is 2.73 bits per heavy atom. The summed E-state index contributed by atoms with van der Waals surface area (Å²) in [6.07, 6.45) is 5.06. The molecule has 1 fully saturated rings. The van der Waals surface area contributed by atoms with E-state index in [9.17, 15) is 9.59 Å². The number of carbonyl (C=O) groups is 2. The first-order chi connectivity index (χ1) is 5.26. The minimum absolute atomic E-state index is 0.0486. The second-order valence-corrected chi connectivity index (χ2v) is 3.02. The van der Waals surface area contributed by atoms with Gasteiger partial charge in [-0.15, -0.1) is 0 Å². The Labute approximate surface area is 64.5 Å². The maximum Gasteiger partial charge on any atom is 0.190 e. The van der Waals surface area contributed by atoms with Gasteiger partial charge in [0.05, 0.1) is 0 Å². The minimum atomic E-state index is -0.833. The van der Waals surface area contributed by atoms with E-state index in [-0.39, 0.29) is 11.6 Å². The molecular weight excluding hydrogens is 142 g/mol. The van der Waals surface area contributed by atoms with Gasteiger partial charge in [0.2, 0.25) is 0 Å². The molecular formula is C8H9NO2. The summed E-state index contributed by atoms with van der Waals surface area (Å²) in [6, 6.07) is 0. The summed E-state index contributed by atoms with van der Waals surface area (Å²) in [7, 11) is 0. The Kier molecular flexibility index (Phi) is 1.16. The minimum Gasteiger partial charge on any atom is -0.372 e. The van der Waals surface area contributed by atoms with Crippen LogP contribution in [0.25, 0.3) is 0 Å². The predicted octanol–water partition coefficient (Wildman–Crippen LogP) is 0.164. The molecule has 0 aromatic carbocycles. The van der Waals surface area contributed by atoms with Crippen LogP contribution in [0.5, 0.6) is 0 Å². The highest BCUT2D eigenvalue weighted by molar-refractivity contribution is 6.18. The van der Waals surface area contributed by atoms with Gasteiger partial charge in [-0.1, -0.05) is 0 Å². The highest BCUT2D eigenvalue weighted by atomic mass is 16.2. The molecule has 2 aliphatic rings. The van der Waals surface area contributed by atoms with Gasteiger partial charge in [0.15, 0.2) is 17.1 Å². The first-order valence-corrected chi connectivity index (χ1v) is 3.78. The Bertz CT molecular complexity index is 257. The highest BCUT2D eigenvalue weighted by Gasteiger charge is 2.48. The lowest BCUT2D eigenvalue weighted by atomic mass is 9.94. The zero-order valence-electron chi connectivity index (χ0n) is 6.09. The van der Waals surface area contributed by atoms with Crippen LogP contribution in [0, 0.1) is 0 Å². The lowest BCUT2D eigenvalue weighted by molar-refractivity contribution is -0.130. The van der Waals surface area contributed by atoms with Crippen molar-refractivity contribution in [1.82, 2.24) is 5.32 Å². The lowest BCUT2D eigenvalue weighted by Crippen LogP contribution is -2.48. The zero-order valence-corrected chi connectivity index (χ0v) is 6.09. The molecule has 1 aliphatic carbocycles. The molecule has 1 aliphatic heterocycles. The number of ketones is 2. The van der Waals surface area contributed by atoms with Crippen LogP contribution in [0.15, 0.2) is 12.3 Å². The monoisotopic (exact) mass is 151 g/mol. The standard InChI is InChI=1S/C8H9NO2/c10-6-2-1-4-8(6)7(11)3-5-9-8/h3,5,9H,1-2,4H2. The van der Waals surface area contributed by atoms with Crippen molar-refractivity contribution in [2.75, 3.05) is 0 Å².